The highest BCUT2D eigenvalue weighted by molar-refractivity contribution is 5.74. The van der Waals surface area contributed by atoms with E-state index in [1.54, 1.807) is 12.1 Å². The van der Waals surface area contributed by atoms with E-state index in [0.29, 0.717) is 19.0 Å². The summed E-state index contributed by atoms with van der Waals surface area (Å²) in [5, 5.41) is 12.4. The fraction of sp³-hybridized carbons (Fsp3) is 0.350. The maximum absolute atomic E-state index is 12.7. The Morgan fingerprint density at radius 3 is 2.58 bits per heavy atom. The monoisotopic (exact) mass is 354 g/mol. The predicted molar refractivity (Wildman–Crippen MR) is 96.0 cm³/mol. The fourth-order valence-corrected chi connectivity index (χ4v) is 2.99. The number of carbonyl (C=O) groups excluding carboxylic acids is 1. The second-order valence-corrected chi connectivity index (χ2v) is 6.84. The molecule has 2 aromatic carbocycles. The molecule has 4 rings (SSSR count). The largest absolute Gasteiger partial charge is 0.508 e. The first-order valence-corrected chi connectivity index (χ1v) is 8.86. The maximum atomic E-state index is 12.7. The molecule has 0 bridgehead atoms. The zero-order valence-electron chi connectivity index (χ0n) is 14.5. The normalized spacial score (nSPS) is 14.9. The molecule has 1 heterocycles. The first kappa shape index (κ1) is 16.6. The molecule has 0 saturated heterocycles. The second kappa shape index (κ2) is 7.15. The Bertz CT molecular complexity index is 787. The number of nitrogens with one attached hydrogen (secondary N) is 1. The minimum absolute atomic E-state index is 0.0809. The summed E-state index contributed by atoms with van der Waals surface area (Å²) in [4.78, 5) is 14.5. The van der Waals surface area contributed by atoms with Gasteiger partial charge in [0, 0.05) is 19.6 Å². The summed E-state index contributed by atoms with van der Waals surface area (Å²) in [5.74, 6) is 2.29. The van der Waals surface area contributed by atoms with E-state index in [1.807, 2.05) is 35.2 Å². The number of ether oxygens (including phenoxy) is 2. The van der Waals surface area contributed by atoms with Crippen LogP contribution in [0.5, 0.6) is 17.2 Å². The van der Waals surface area contributed by atoms with Crippen molar-refractivity contribution in [2.45, 2.75) is 25.9 Å². The van der Waals surface area contributed by atoms with Crippen LogP contribution in [0.4, 0.5) is 4.79 Å². The molecule has 1 fully saturated rings. The van der Waals surface area contributed by atoms with Crippen molar-refractivity contribution in [2.75, 3.05) is 13.3 Å². The molecule has 0 atom stereocenters. The molecule has 6 nitrogen and oxygen atoms in total. The van der Waals surface area contributed by atoms with Crippen LogP contribution in [-0.2, 0) is 13.1 Å². The molecule has 2 amide bonds. The Kier molecular flexibility index (Phi) is 4.56. The highest BCUT2D eigenvalue weighted by Crippen LogP contribution is 2.32. The minimum atomic E-state index is -0.0809. The highest BCUT2D eigenvalue weighted by atomic mass is 16.7. The third kappa shape index (κ3) is 4.02. The molecule has 0 aromatic heterocycles. The molecule has 0 radical (unpaired) electrons. The molecule has 6 heteroatoms. The lowest BCUT2D eigenvalue weighted by atomic mass is 10.2. The van der Waals surface area contributed by atoms with Gasteiger partial charge in [-0.15, -0.1) is 0 Å². The summed E-state index contributed by atoms with van der Waals surface area (Å²) in [5.41, 5.74) is 1.97. The molecular weight excluding hydrogens is 332 g/mol. The smallest absolute Gasteiger partial charge is 0.317 e. The van der Waals surface area contributed by atoms with Crippen LogP contribution in [0.1, 0.15) is 24.0 Å². The molecule has 26 heavy (non-hydrogen) atoms. The molecule has 1 saturated carbocycles. The van der Waals surface area contributed by atoms with Gasteiger partial charge < -0.3 is 24.8 Å². The predicted octanol–water partition coefficient (Wildman–Crippen LogP) is 3.24. The number of rotatable bonds is 6. The standard InChI is InChI=1S/C20H22N2O4/c23-17-6-3-15(4-7-17)12-22(11-14-1-2-14)20(24)21-10-16-5-8-18-19(9-16)26-13-25-18/h3-9,14,23H,1-2,10-13H2,(H,21,24). The molecule has 1 aliphatic carbocycles. The number of phenolic OH excluding ortho intramolecular Hbond substituents is 1. The number of phenols is 1. The van der Waals surface area contributed by atoms with Gasteiger partial charge in [0.1, 0.15) is 5.75 Å². The quantitative estimate of drug-likeness (QED) is 0.835. The Hall–Kier alpha value is -2.89. The van der Waals surface area contributed by atoms with Crippen LogP contribution in [0.3, 0.4) is 0 Å². The van der Waals surface area contributed by atoms with Gasteiger partial charge >= 0.3 is 6.03 Å². The van der Waals surface area contributed by atoms with Crippen LogP contribution >= 0.6 is 0 Å². The average Bonchev–Trinajstić information content (AvgIpc) is 3.34. The van der Waals surface area contributed by atoms with Crippen LogP contribution in [0.25, 0.3) is 0 Å². The first-order valence-electron chi connectivity index (χ1n) is 8.86. The summed E-state index contributed by atoms with van der Waals surface area (Å²) in [6.45, 7) is 1.97. The Labute approximate surface area is 152 Å². The van der Waals surface area contributed by atoms with Gasteiger partial charge in [-0.25, -0.2) is 4.79 Å². The van der Waals surface area contributed by atoms with Gasteiger partial charge in [0.2, 0.25) is 6.79 Å². The van der Waals surface area contributed by atoms with Gasteiger partial charge in [-0.2, -0.15) is 0 Å². The number of urea groups is 1. The summed E-state index contributed by atoms with van der Waals surface area (Å²) in [7, 11) is 0. The van der Waals surface area contributed by atoms with Crippen molar-refractivity contribution in [3.8, 4) is 17.2 Å². The van der Waals surface area contributed by atoms with Gasteiger partial charge in [0.25, 0.3) is 0 Å². The highest BCUT2D eigenvalue weighted by Gasteiger charge is 2.27. The zero-order valence-corrected chi connectivity index (χ0v) is 14.5. The number of hydrogen-bond donors (Lipinski definition) is 2. The summed E-state index contributed by atoms with van der Waals surface area (Å²) >= 11 is 0. The van der Waals surface area contributed by atoms with Crippen molar-refractivity contribution in [3.05, 3.63) is 53.6 Å². The number of hydrogen-bond acceptors (Lipinski definition) is 4. The van der Waals surface area contributed by atoms with Crippen molar-refractivity contribution in [2.24, 2.45) is 5.92 Å². The van der Waals surface area contributed by atoms with Gasteiger partial charge in [-0.1, -0.05) is 18.2 Å². The zero-order chi connectivity index (χ0) is 17.9. The third-order valence-corrected chi connectivity index (χ3v) is 4.65. The van der Waals surface area contributed by atoms with E-state index in [4.69, 9.17) is 9.47 Å². The molecule has 2 aliphatic rings. The van der Waals surface area contributed by atoms with E-state index in [9.17, 15) is 9.90 Å². The lowest BCUT2D eigenvalue weighted by Crippen LogP contribution is -2.40. The number of carbonyl (C=O) groups is 1. The van der Waals surface area contributed by atoms with E-state index in [-0.39, 0.29) is 18.6 Å². The van der Waals surface area contributed by atoms with Crippen LogP contribution < -0.4 is 14.8 Å². The molecule has 136 valence electrons. The van der Waals surface area contributed by atoms with Crippen LogP contribution in [0.2, 0.25) is 0 Å². The SMILES string of the molecule is O=C(NCc1ccc2c(c1)OCO2)N(Cc1ccc(O)cc1)CC1CC1. The van der Waals surface area contributed by atoms with Crippen molar-refractivity contribution in [1.82, 2.24) is 10.2 Å². The van der Waals surface area contributed by atoms with Gasteiger partial charge in [0.15, 0.2) is 11.5 Å². The second-order valence-electron chi connectivity index (χ2n) is 6.84. The maximum Gasteiger partial charge on any atom is 0.317 e. The number of aromatic hydroxyl groups is 1. The van der Waals surface area contributed by atoms with E-state index in [0.717, 1.165) is 29.2 Å². The molecule has 0 unspecified atom stereocenters. The number of nitrogens with zero attached hydrogens (tertiary/aromatic N) is 1. The van der Waals surface area contributed by atoms with Crippen molar-refractivity contribution >= 4 is 6.03 Å². The summed E-state index contributed by atoms with van der Waals surface area (Å²) in [6, 6.07) is 12.6. The summed E-state index contributed by atoms with van der Waals surface area (Å²) < 4.78 is 10.7. The Morgan fingerprint density at radius 1 is 1.08 bits per heavy atom. The topological polar surface area (TPSA) is 71.0 Å². The Balaban J connectivity index is 1.38. The van der Waals surface area contributed by atoms with E-state index < -0.39 is 0 Å². The first-order chi connectivity index (χ1) is 12.7. The molecular formula is C20H22N2O4. The average molecular weight is 354 g/mol. The molecule has 0 spiro atoms. The van der Waals surface area contributed by atoms with Gasteiger partial charge in [0.05, 0.1) is 0 Å². The van der Waals surface area contributed by atoms with E-state index in [2.05, 4.69) is 5.32 Å². The van der Waals surface area contributed by atoms with Crippen molar-refractivity contribution in [3.63, 3.8) is 0 Å². The van der Waals surface area contributed by atoms with Gasteiger partial charge in [-0.05, 0) is 54.2 Å². The van der Waals surface area contributed by atoms with Crippen LogP contribution in [-0.4, -0.2) is 29.4 Å². The van der Waals surface area contributed by atoms with Crippen molar-refractivity contribution < 1.29 is 19.4 Å². The summed E-state index contributed by atoms with van der Waals surface area (Å²) in [6.07, 6.45) is 2.36. The minimum Gasteiger partial charge on any atom is -0.508 e. The van der Waals surface area contributed by atoms with Crippen LogP contribution in [0.15, 0.2) is 42.5 Å². The van der Waals surface area contributed by atoms with Crippen molar-refractivity contribution in [1.29, 1.82) is 0 Å². The van der Waals surface area contributed by atoms with E-state index >= 15 is 0 Å². The van der Waals surface area contributed by atoms with Gasteiger partial charge in [-0.3, -0.25) is 0 Å². The van der Waals surface area contributed by atoms with E-state index in [1.165, 1.54) is 12.8 Å². The molecule has 2 N–H and O–H groups in total. The number of benzene rings is 2. The number of amides is 2. The van der Waals surface area contributed by atoms with Crippen LogP contribution in [0, 0.1) is 5.92 Å². The fourth-order valence-electron chi connectivity index (χ4n) is 2.99. The third-order valence-electron chi connectivity index (χ3n) is 4.65. The molecule has 1 aliphatic heterocycles. The Morgan fingerprint density at radius 2 is 1.81 bits per heavy atom. The lowest BCUT2D eigenvalue weighted by molar-refractivity contribution is 0.174. The molecule has 2 aromatic rings. The number of fused-ring (bicyclic) bond motifs is 1. The lowest BCUT2D eigenvalue weighted by Gasteiger charge is -2.23.